The Labute approximate surface area is 143 Å². The number of nitrogens with zero attached hydrogens (tertiary/aromatic N) is 1. The van der Waals surface area contributed by atoms with Crippen LogP contribution in [0.2, 0.25) is 0 Å². The predicted octanol–water partition coefficient (Wildman–Crippen LogP) is 3.82. The van der Waals surface area contributed by atoms with Crippen LogP contribution < -0.4 is 0 Å². The van der Waals surface area contributed by atoms with Gasteiger partial charge >= 0.3 is 5.97 Å². The third kappa shape index (κ3) is 3.63. The van der Waals surface area contributed by atoms with Crippen molar-refractivity contribution in [3.05, 3.63) is 35.9 Å². The maximum Gasteiger partial charge on any atom is 0.326 e. The van der Waals surface area contributed by atoms with Crippen molar-refractivity contribution >= 4 is 11.9 Å². The summed E-state index contributed by atoms with van der Waals surface area (Å²) in [5.41, 5.74) is 1.05. The second kappa shape index (κ2) is 7.82. The predicted molar refractivity (Wildman–Crippen MR) is 92.7 cm³/mol. The summed E-state index contributed by atoms with van der Waals surface area (Å²) < 4.78 is 0. The fraction of sp³-hybridized carbons (Fsp3) is 0.600. The van der Waals surface area contributed by atoms with Crippen LogP contribution in [0.5, 0.6) is 0 Å². The molecule has 2 aliphatic rings. The molecule has 1 aromatic carbocycles. The van der Waals surface area contributed by atoms with E-state index in [2.05, 4.69) is 0 Å². The molecule has 2 unspecified atom stereocenters. The van der Waals surface area contributed by atoms with Crippen LogP contribution in [0.15, 0.2) is 30.3 Å². The van der Waals surface area contributed by atoms with Gasteiger partial charge in [-0.1, -0.05) is 49.6 Å². The summed E-state index contributed by atoms with van der Waals surface area (Å²) in [4.78, 5) is 26.6. The Balaban J connectivity index is 1.89. The zero-order valence-electron chi connectivity index (χ0n) is 14.2. The lowest BCUT2D eigenvalue weighted by molar-refractivity contribution is -0.153. The van der Waals surface area contributed by atoms with Crippen LogP contribution in [0.3, 0.4) is 0 Å². The van der Waals surface area contributed by atoms with Crippen LogP contribution in [-0.2, 0) is 9.59 Å². The lowest BCUT2D eigenvalue weighted by Gasteiger charge is -2.38. The third-order valence-corrected chi connectivity index (χ3v) is 5.62. The molecule has 130 valence electrons. The molecule has 24 heavy (non-hydrogen) atoms. The summed E-state index contributed by atoms with van der Waals surface area (Å²) in [5, 5.41) is 9.53. The first-order chi connectivity index (χ1) is 11.7. The molecule has 1 aromatic rings. The number of amides is 1. The first kappa shape index (κ1) is 17.0. The number of carbonyl (C=O) groups excluding carboxylic acids is 1. The summed E-state index contributed by atoms with van der Waals surface area (Å²) in [6.45, 7) is 0.575. The number of carbonyl (C=O) groups is 2. The van der Waals surface area contributed by atoms with Gasteiger partial charge in [0.15, 0.2) is 0 Å². The fourth-order valence-corrected chi connectivity index (χ4v) is 4.37. The second-order valence-corrected chi connectivity index (χ2v) is 7.17. The van der Waals surface area contributed by atoms with E-state index in [-0.39, 0.29) is 11.8 Å². The highest BCUT2D eigenvalue weighted by Gasteiger charge is 2.39. The molecule has 1 aliphatic heterocycles. The molecule has 0 radical (unpaired) electrons. The minimum Gasteiger partial charge on any atom is -0.480 e. The van der Waals surface area contributed by atoms with E-state index in [1.807, 2.05) is 30.3 Å². The van der Waals surface area contributed by atoms with Gasteiger partial charge < -0.3 is 10.0 Å². The molecular formula is C20H27NO3. The van der Waals surface area contributed by atoms with Crippen LogP contribution in [0.4, 0.5) is 0 Å². The third-order valence-electron chi connectivity index (χ3n) is 5.62. The number of rotatable bonds is 4. The van der Waals surface area contributed by atoms with Gasteiger partial charge in [-0.05, 0) is 43.6 Å². The zero-order valence-corrected chi connectivity index (χ0v) is 14.2. The SMILES string of the molecule is O=C(O)C1CCCCN1C(=O)C(c1ccccc1)C1CCCCC1. The Kier molecular flexibility index (Phi) is 5.54. The standard InChI is InChI=1S/C20H27NO3/c22-19(21-14-8-7-13-17(21)20(23)24)18(15-9-3-1-4-10-15)16-11-5-2-6-12-16/h1,3-4,9-10,16-18H,2,5-8,11-14H2,(H,23,24). The highest BCUT2D eigenvalue weighted by molar-refractivity contribution is 5.88. The molecule has 3 rings (SSSR count). The van der Waals surface area contributed by atoms with Gasteiger partial charge in [0, 0.05) is 6.54 Å². The quantitative estimate of drug-likeness (QED) is 0.913. The lowest BCUT2D eigenvalue weighted by Crippen LogP contribution is -2.50. The number of hydrogen-bond acceptors (Lipinski definition) is 2. The van der Waals surface area contributed by atoms with E-state index < -0.39 is 12.0 Å². The Morgan fingerprint density at radius 3 is 2.29 bits per heavy atom. The topological polar surface area (TPSA) is 57.6 Å². The molecule has 1 saturated carbocycles. The van der Waals surface area contributed by atoms with Crippen LogP contribution in [-0.4, -0.2) is 34.5 Å². The van der Waals surface area contributed by atoms with E-state index >= 15 is 0 Å². The number of benzene rings is 1. The van der Waals surface area contributed by atoms with Crippen molar-refractivity contribution in [2.24, 2.45) is 5.92 Å². The molecule has 4 nitrogen and oxygen atoms in total. The number of hydrogen-bond donors (Lipinski definition) is 1. The second-order valence-electron chi connectivity index (χ2n) is 7.17. The molecule has 2 fully saturated rings. The molecule has 0 spiro atoms. The first-order valence-corrected chi connectivity index (χ1v) is 9.26. The largest absolute Gasteiger partial charge is 0.480 e. The van der Waals surface area contributed by atoms with Gasteiger partial charge in [0.05, 0.1) is 5.92 Å². The Morgan fingerprint density at radius 2 is 1.62 bits per heavy atom. The molecule has 0 bridgehead atoms. The van der Waals surface area contributed by atoms with Crippen molar-refractivity contribution in [3.63, 3.8) is 0 Å². The maximum absolute atomic E-state index is 13.4. The molecular weight excluding hydrogens is 302 g/mol. The highest BCUT2D eigenvalue weighted by Crippen LogP contribution is 2.38. The average Bonchev–Trinajstić information content (AvgIpc) is 2.63. The number of carboxylic acid groups (broad SMARTS) is 1. The summed E-state index contributed by atoms with van der Waals surface area (Å²) in [6.07, 6.45) is 8.09. The van der Waals surface area contributed by atoms with Crippen molar-refractivity contribution in [1.29, 1.82) is 0 Å². The molecule has 1 heterocycles. The molecule has 2 atom stereocenters. The van der Waals surface area contributed by atoms with Gasteiger partial charge in [-0.25, -0.2) is 4.79 Å². The lowest BCUT2D eigenvalue weighted by atomic mass is 9.75. The Bertz CT molecular complexity index is 566. The number of aliphatic carboxylic acids is 1. The van der Waals surface area contributed by atoms with E-state index in [1.54, 1.807) is 4.90 Å². The van der Waals surface area contributed by atoms with Crippen molar-refractivity contribution in [2.75, 3.05) is 6.54 Å². The van der Waals surface area contributed by atoms with E-state index in [0.29, 0.717) is 18.9 Å². The monoisotopic (exact) mass is 329 g/mol. The van der Waals surface area contributed by atoms with Gasteiger partial charge in [-0.2, -0.15) is 0 Å². The fourth-order valence-electron chi connectivity index (χ4n) is 4.37. The van der Waals surface area contributed by atoms with Crippen molar-refractivity contribution in [1.82, 2.24) is 4.90 Å². The first-order valence-electron chi connectivity index (χ1n) is 9.26. The summed E-state index contributed by atoms with van der Waals surface area (Å²) >= 11 is 0. The molecule has 1 N–H and O–H groups in total. The van der Waals surface area contributed by atoms with E-state index in [4.69, 9.17) is 0 Å². The highest BCUT2D eigenvalue weighted by atomic mass is 16.4. The molecule has 1 amide bonds. The van der Waals surface area contributed by atoms with Crippen LogP contribution >= 0.6 is 0 Å². The van der Waals surface area contributed by atoms with Crippen LogP contribution in [0.25, 0.3) is 0 Å². The summed E-state index contributed by atoms with van der Waals surface area (Å²) in [6, 6.07) is 9.31. The van der Waals surface area contributed by atoms with Crippen molar-refractivity contribution < 1.29 is 14.7 Å². The van der Waals surface area contributed by atoms with Gasteiger partial charge in [0.1, 0.15) is 6.04 Å². The van der Waals surface area contributed by atoms with Gasteiger partial charge in [-0.3, -0.25) is 4.79 Å². The number of piperidine rings is 1. The van der Waals surface area contributed by atoms with Crippen LogP contribution in [0, 0.1) is 5.92 Å². The number of carboxylic acids is 1. The molecule has 1 aliphatic carbocycles. The van der Waals surface area contributed by atoms with E-state index in [1.165, 1.54) is 19.3 Å². The van der Waals surface area contributed by atoms with Crippen molar-refractivity contribution in [2.45, 2.75) is 63.3 Å². The van der Waals surface area contributed by atoms with Gasteiger partial charge in [0.25, 0.3) is 0 Å². The minimum absolute atomic E-state index is 0.0280. The van der Waals surface area contributed by atoms with Crippen molar-refractivity contribution in [3.8, 4) is 0 Å². The summed E-state index contributed by atoms with van der Waals surface area (Å²) in [5.74, 6) is -0.685. The molecule has 0 aromatic heterocycles. The normalized spacial score (nSPS) is 23.7. The molecule has 4 heteroatoms. The zero-order chi connectivity index (χ0) is 16.9. The smallest absolute Gasteiger partial charge is 0.326 e. The van der Waals surface area contributed by atoms with E-state index in [0.717, 1.165) is 31.2 Å². The average molecular weight is 329 g/mol. The van der Waals surface area contributed by atoms with E-state index in [9.17, 15) is 14.7 Å². The number of likely N-dealkylation sites (tertiary alicyclic amines) is 1. The maximum atomic E-state index is 13.4. The minimum atomic E-state index is -0.862. The Hall–Kier alpha value is -1.84. The van der Waals surface area contributed by atoms with Gasteiger partial charge in [0.2, 0.25) is 5.91 Å². The van der Waals surface area contributed by atoms with Gasteiger partial charge in [-0.15, -0.1) is 0 Å². The Morgan fingerprint density at radius 1 is 0.958 bits per heavy atom. The summed E-state index contributed by atoms with van der Waals surface area (Å²) in [7, 11) is 0. The van der Waals surface area contributed by atoms with Crippen LogP contribution in [0.1, 0.15) is 62.8 Å². The molecule has 1 saturated heterocycles.